The highest BCUT2D eigenvalue weighted by atomic mass is 16.3. The van der Waals surface area contributed by atoms with E-state index in [-0.39, 0.29) is 24.7 Å². The Bertz CT molecular complexity index is 612. The molecule has 2 amide bonds. The maximum absolute atomic E-state index is 12.3. The second-order valence-corrected chi connectivity index (χ2v) is 5.62. The van der Waals surface area contributed by atoms with Crippen LogP contribution in [0.1, 0.15) is 43.0 Å². The maximum atomic E-state index is 12.3. The van der Waals surface area contributed by atoms with E-state index in [1.165, 1.54) is 0 Å². The quantitative estimate of drug-likeness (QED) is 0.733. The van der Waals surface area contributed by atoms with Crippen molar-refractivity contribution >= 4 is 6.03 Å². The molecule has 2 aromatic rings. The van der Waals surface area contributed by atoms with Gasteiger partial charge in [0.15, 0.2) is 0 Å². The van der Waals surface area contributed by atoms with Crippen molar-refractivity contribution in [2.45, 2.75) is 31.8 Å². The number of carbonyl (C=O) groups excluding carboxylic acids is 1. The van der Waals surface area contributed by atoms with Gasteiger partial charge in [-0.2, -0.15) is 5.10 Å². The second-order valence-electron chi connectivity index (χ2n) is 5.62. The maximum Gasteiger partial charge on any atom is 0.315 e. The van der Waals surface area contributed by atoms with Crippen molar-refractivity contribution in [3.63, 3.8) is 0 Å². The van der Waals surface area contributed by atoms with Crippen molar-refractivity contribution < 1.29 is 9.90 Å². The summed E-state index contributed by atoms with van der Waals surface area (Å²) in [6, 6.07) is 9.31. The minimum absolute atomic E-state index is 0.110. The molecule has 0 saturated carbocycles. The van der Waals surface area contributed by atoms with Gasteiger partial charge < -0.3 is 15.7 Å². The first-order valence-electron chi connectivity index (χ1n) is 7.81. The molecule has 0 fully saturated rings. The van der Waals surface area contributed by atoms with Crippen LogP contribution in [0, 0.1) is 0 Å². The fourth-order valence-electron chi connectivity index (χ4n) is 2.45. The van der Waals surface area contributed by atoms with Crippen LogP contribution in [-0.4, -0.2) is 27.5 Å². The third-order valence-corrected chi connectivity index (χ3v) is 3.73. The molecule has 1 aromatic heterocycles. The van der Waals surface area contributed by atoms with Crippen LogP contribution in [0.4, 0.5) is 4.79 Å². The van der Waals surface area contributed by atoms with E-state index in [4.69, 9.17) is 5.11 Å². The van der Waals surface area contributed by atoms with Crippen molar-refractivity contribution in [1.82, 2.24) is 20.4 Å². The number of aromatic nitrogens is 2. The van der Waals surface area contributed by atoms with Crippen molar-refractivity contribution in [2.24, 2.45) is 7.05 Å². The number of hydrogen-bond acceptors (Lipinski definition) is 3. The molecule has 0 aliphatic rings. The highest BCUT2D eigenvalue weighted by molar-refractivity contribution is 5.75. The third kappa shape index (κ3) is 5.10. The number of rotatable bonds is 7. The van der Waals surface area contributed by atoms with Crippen LogP contribution in [-0.2, 0) is 7.05 Å². The number of hydrogen-bond donors (Lipinski definition) is 3. The SMILES string of the molecule is CC(NC(=O)NC(CCCO)c1ccccc1)c1cnn(C)c1. The number of amides is 2. The van der Waals surface area contributed by atoms with E-state index in [0.717, 1.165) is 11.1 Å². The van der Waals surface area contributed by atoms with Gasteiger partial charge in [-0.25, -0.2) is 4.79 Å². The first-order valence-corrected chi connectivity index (χ1v) is 7.81. The van der Waals surface area contributed by atoms with Gasteiger partial charge in [-0.05, 0) is 25.3 Å². The molecular weight excluding hydrogens is 292 g/mol. The standard InChI is InChI=1S/C17H24N4O2/c1-13(15-11-18-21(2)12-15)19-17(23)20-16(9-6-10-22)14-7-4-3-5-8-14/h3-5,7-8,11-13,16,22H,6,9-10H2,1-2H3,(H2,19,20,23). The fourth-order valence-corrected chi connectivity index (χ4v) is 2.45. The van der Waals surface area contributed by atoms with Crippen LogP contribution in [0.2, 0.25) is 0 Å². The van der Waals surface area contributed by atoms with Gasteiger partial charge in [0.1, 0.15) is 0 Å². The summed E-state index contributed by atoms with van der Waals surface area (Å²) >= 11 is 0. The molecule has 6 nitrogen and oxygen atoms in total. The number of nitrogens with zero attached hydrogens (tertiary/aromatic N) is 2. The van der Waals surface area contributed by atoms with Gasteiger partial charge in [0.25, 0.3) is 0 Å². The number of nitrogens with one attached hydrogen (secondary N) is 2. The van der Waals surface area contributed by atoms with E-state index in [9.17, 15) is 4.79 Å². The van der Waals surface area contributed by atoms with Crippen molar-refractivity contribution in [2.75, 3.05) is 6.61 Å². The normalized spacial score (nSPS) is 13.3. The number of benzene rings is 1. The summed E-state index contributed by atoms with van der Waals surface area (Å²) in [4.78, 5) is 12.3. The molecule has 0 bridgehead atoms. The van der Waals surface area contributed by atoms with E-state index >= 15 is 0 Å². The van der Waals surface area contributed by atoms with Crippen LogP contribution < -0.4 is 10.6 Å². The lowest BCUT2D eigenvalue weighted by Gasteiger charge is -2.21. The molecule has 6 heteroatoms. The highest BCUT2D eigenvalue weighted by Crippen LogP contribution is 2.18. The van der Waals surface area contributed by atoms with Crippen molar-refractivity contribution in [3.8, 4) is 0 Å². The minimum Gasteiger partial charge on any atom is -0.396 e. The zero-order chi connectivity index (χ0) is 16.7. The molecule has 0 spiro atoms. The Kier molecular flexibility index (Phi) is 6.17. The Labute approximate surface area is 136 Å². The van der Waals surface area contributed by atoms with Gasteiger partial charge in [-0.3, -0.25) is 4.68 Å². The molecule has 1 aromatic carbocycles. The molecule has 0 radical (unpaired) electrons. The molecule has 2 unspecified atom stereocenters. The number of aliphatic hydroxyl groups is 1. The number of urea groups is 1. The smallest absolute Gasteiger partial charge is 0.315 e. The van der Waals surface area contributed by atoms with Crippen LogP contribution in [0.15, 0.2) is 42.7 Å². The molecule has 1 heterocycles. The minimum atomic E-state index is -0.229. The Morgan fingerprint density at radius 2 is 2.00 bits per heavy atom. The summed E-state index contributed by atoms with van der Waals surface area (Å²) in [6.07, 6.45) is 4.95. The van der Waals surface area contributed by atoms with Gasteiger partial charge in [0, 0.05) is 25.4 Å². The topological polar surface area (TPSA) is 79.2 Å². The van der Waals surface area contributed by atoms with Gasteiger partial charge in [0.2, 0.25) is 0 Å². The average molecular weight is 316 g/mol. The summed E-state index contributed by atoms with van der Waals surface area (Å²) in [7, 11) is 1.84. The van der Waals surface area contributed by atoms with Crippen LogP contribution in [0.5, 0.6) is 0 Å². The van der Waals surface area contributed by atoms with Gasteiger partial charge in [-0.15, -0.1) is 0 Å². The van der Waals surface area contributed by atoms with Gasteiger partial charge >= 0.3 is 6.03 Å². The van der Waals surface area contributed by atoms with Crippen molar-refractivity contribution in [3.05, 3.63) is 53.9 Å². The van der Waals surface area contributed by atoms with E-state index < -0.39 is 0 Å². The first kappa shape index (κ1) is 17.0. The lowest BCUT2D eigenvalue weighted by molar-refractivity contribution is 0.230. The lowest BCUT2D eigenvalue weighted by atomic mass is 10.0. The second kappa shape index (κ2) is 8.33. The van der Waals surface area contributed by atoms with Crippen molar-refractivity contribution in [1.29, 1.82) is 0 Å². The number of aliphatic hydroxyl groups excluding tert-OH is 1. The molecule has 0 aliphatic heterocycles. The van der Waals surface area contributed by atoms with Gasteiger partial charge in [0.05, 0.1) is 18.3 Å². The Balaban J connectivity index is 1.97. The van der Waals surface area contributed by atoms with Gasteiger partial charge in [-0.1, -0.05) is 30.3 Å². The monoisotopic (exact) mass is 316 g/mol. The third-order valence-electron chi connectivity index (χ3n) is 3.73. The summed E-state index contributed by atoms with van der Waals surface area (Å²) < 4.78 is 1.71. The molecule has 0 saturated heterocycles. The van der Waals surface area contributed by atoms with E-state index in [1.54, 1.807) is 10.9 Å². The average Bonchev–Trinajstić information content (AvgIpc) is 2.99. The molecule has 0 aliphatic carbocycles. The van der Waals surface area contributed by atoms with Crippen LogP contribution in [0.3, 0.4) is 0 Å². The summed E-state index contributed by atoms with van der Waals surface area (Å²) in [5.41, 5.74) is 1.99. The lowest BCUT2D eigenvalue weighted by Crippen LogP contribution is -2.39. The zero-order valence-electron chi connectivity index (χ0n) is 13.6. The van der Waals surface area contributed by atoms with E-state index in [1.807, 2.05) is 50.5 Å². The summed E-state index contributed by atoms with van der Waals surface area (Å²) in [5.74, 6) is 0. The molecule has 3 N–H and O–H groups in total. The zero-order valence-corrected chi connectivity index (χ0v) is 13.6. The number of aryl methyl sites for hydroxylation is 1. The predicted octanol–water partition coefficient (Wildman–Crippen LogP) is 2.29. The summed E-state index contributed by atoms with van der Waals surface area (Å²) in [6.45, 7) is 2.03. The Morgan fingerprint density at radius 1 is 1.26 bits per heavy atom. The van der Waals surface area contributed by atoms with Crippen LogP contribution >= 0.6 is 0 Å². The molecule has 23 heavy (non-hydrogen) atoms. The largest absolute Gasteiger partial charge is 0.396 e. The molecule has 124 valence electrons. The molecule has 2 atom stereocenters. The predicted molar refractivity (Wildman–Crippen MR) is 88.8 cm³/mol. The van der Waals surface area contributed by atoms with Crippen LogP contribution in [0.25, 0.3) is 0 Å². The highest BCUT2D eigenvalue weighted by Gasteiger charge is 2.16. The molecular formula is C17H24N4O2. The fraction of sp³-hybridized carbons (Fsp3) is 0.412. The van der Waals surface area contributed by atoms with E-state index in [0.29, 0.717) is 12.8 Å². The molecule has 2 rings (SSSR count). The summed E-state index contributed by atoms with van der Waals surface area (Å²) in [5, 5.41) is 19.1. The Morgan fingerprint density at radius 3 is 2.61 bits per heavy atom. The van der Waals surface area contributed by atoms with E-state index in [2.05, 4.69) is 15.7 Å². The Hall–Kier alpha value is -2.34. The first-order chi connectivity index (χ1) is 11.1. The number of carbonyl (C=O) groups is 1.